The SMILES string of the molecule is CC(C)CN(Cc1ccc2nc(NC(=O)CN3CCCC3)sc2c1)CC(O)C(Cc1ccccc1)NC(=O)OC1COC2CCCC21. The molecule has 2 aliphatic heterocycles. The highest BCUT2D eigenvalue weighted by Gasteiger charge is 2.42. The summed E-state index contributed by atoms with van der Waals surface area (Å²) in [5.41, 5.74) is 2.99. The number of nitrogens with one attached hydrogen (secondary N) is 2. The number of likely N-dealkylation sites (tertiary alicyclic amines) is 1. The highest BCUT2D eigenvalue weighted by atomic mass is 32.1. The van der Waals surface area contributed by atoms with E-state index >= 15 is 0 Å². The van der Waals surface area contributed by atoms with Gasteiger partial charge in [0, 0.05) is 25.6 Å². The normalized spacial score (nSPS) is 22.5. The maximum absolute atomic E-state index is 13.2. The van der Waals surface area contributed by atoms with Crippen LogP contribution in [0.4, 0.5) is 9.93 Å². The summed E-state index contributed by atoms with van der Waals surface area (Å²) in [6, 6.07) is 15.6. The summed E-state index contributed by atoms with van der Waals surface area (Å²) in [6.07, 6.45) is 4.55. The quantitative estimate of drug-likeness (QED) is 0.220. The molecular formula is C36H49N5O5S. The van der Waals surface area contributed by atoms with E-state index in [0.717, 1.165) is 73.1 Å². The summed E-state index contributed by atoms with van der Waals surface area (Å²) in [5, 5.41) is 18.3. The van der Waals surface area contributed by atoms with E-state index < -0.39 is 18.2 Å². The van der Waals surface area contributed by atoms with Crippen LogP contribution in [0.5, 0.6) is 0 Å². The van der Waals surface area contributed by atoms with Crippen LogP contribution >= 0.6 is 11.3 Å². The summed E-state index contributed by atoms with van der Waals surface area (Å²) in [6.45, 7) is 8.91. The second-order valence-electron chi connectivity index (χ2n) is 13.9. The molecule has 6 rings (SSSR count). The van der Waals surface area contributed by atoms with E-state index in [0.29, 0.717) is 43.7 Å². The first-order valence-corrected chi connectivity index (χ1v) is 18.1. The zero-order valence-electron chi connectivity index (χ0n) is 27.6. The van der Waals surface area contributed by atoms with Crippen LogP contribution in [-0.4, -0.2) is 95.6 Å². The lowest BCUT2D eigenvalue weighted by molar-refractivity contribution is -0.117. The summed E-state index contributed by atoms with van der Waals surface area (Å²) < 4.78 is 12.8. The first-order chi connectivity index (χ1) is 22.8. The van der Waals surface area contributed by atoms with E-state index in [4.69, 9.17) is 9.47 Å². The smallest absolute Gasteiger partial charge is 0.407 e. The topological polar surface area (TPSA) is 116 Å². The molecular weight excluding hydrogens is 614 g/mol. The van der Waals surface area contributed by atoms with Gasteiger partial charge in [0.15, 0.2) is 5.13 Å². The molecule has 3 heterocycles. The van der Waals surface area contributed by atoms with Gasteiger partial charge in [0.2, 0.25) is 5.91 Å². The van der Waals surface area contributed by atoms with Crippen molar-refractivity contribution in [2.24, 2.45) is 11.8 Å². The van der Waals surface area contributed by atoms with Gasteiger partial charge in [-0.1, -0.05) is 68.0 Å². The Kier molecular flexibility index (Phi) is 11.4. The third-order valence-corrected chi connectivity index (χ3v) is 10.5. The lowest BCUT2D eigenvalue weighted by Gasteiger charge is -2.31. The molecule has 1 aromatic heterocycles. The highest BCUT2D eigenvalue weighted by molar-refractivity contribution is 7.22. The number of aromatic nitrogens is 1. The molecule has 3 N–H and O–H groups in total. The molecule has 2 aromatic carbocycles. The Hall–Kier alpha value is -3.09. The Morgan fingerprint density at radius 2 is 1.89 bits per heavy atom. The van der Waals surface area contributed by atoms with Crippen LogP contribution in [0.25, 0.3) is 10.2 Å². The van der Waals surface area contributed by atoms with Gasteiger partial charge in [0.05, 0.1) is 41.6 Å². The first-order valence-electron chi connectivity index (χ1n) is 17.2. The molecule has 2 saturated heterocycles. The predicted octanol–water partition coefficient (Wildman–Crippen LogP) is 5.05. The maximum Gasteiger partial charge on any atom is 0.407 e. The van der Waals surface area contributed by atoms with Crippen LogP contribution in [0.2, 0.25) is 0 Å². The van der Waals surface area contributed by atoms with Gasteiger partial charge >= 0.3 is 6.09 Å². The standard InChI is InChI=1S/C36H49N5O5S/c1-24(2)19-41(20-26-13-14-28-33(18-26)47-35(37-28)39-34(43)22-40-15-6-7-16-40)21-30(42)29(17-25-9-4-3-5-10-25)38-36(44)46-32-23-45-31-12-8-11-27(31)32/h3-5,9-10,13-14,18,24,27,29-32,42H,6-8,11-12,15-17,19-23H2,1-2H3,(H,38,44)(H,37,39,43). The van der Waals surface area contributed by atoms with Crippen molar-refractivity contribution in [3.8, 4) is 0 Å². The predicted molar refractivity (Wildman–Crippen MR) is 184 cm³/mol. The van der Waals surface area contributed by atoms with Crippen LogP contribution in [0.3, 0.4) is 0 Å². The minimum atomic E-state index is -0.829. The number of nitrogens with zero attached hydrogens (tertiary/aromatic N) is 3. The van der Waals surface area contributed by atoms with Crippen LogP contribution < -0.4 is 10.6 Å². The second kappa shape index (κ2) is 15.9. The summed E-state index contributed by atoms with van der Waals surface area (Å²) in [4.78, 5) is 34.8. The molecule has 3 fully saturated rings. The number of thiazole rings is 1. The highest BCUT2D eigenvalue weighted by Crippen LogP contribution is 2.37. The van der Waals surface area contributed by atoms with Crippen molar-refractivity contribution in [3.05, 3.63) is 59.7 Å². The van der Waals surface area contributed by atoms with E-state index in [1.54, 1.807) is 0 Å². The van der Waals surface area contributed by atoms with Gasteiger partial charge in [0.1, 0.15) is 6.10 Å². The first kappa shape index (κ1) is 33.8. The van der Waals surface area contributed by atoms with Crippen molar-refractivity contribution >= 4 is 38.7 Å². The fourth-order valence-corrected chi connectivity index (χ4v) is 8.26. The molecule has 11 heteroatoms. The van der Waals surface area contributed by atoms with Gasteiger partial charge < -0.3 is 25.2 Å². The molecule has 47 heavy (non-hydrogen) atoms. The molecule has 1 aliphatic carbocycles. The number of benzene rings is 2. The zero-order chi connectivity index (χ0) is 32.8. The van der Waals surface area contributed by atoms with E-state index in [-0.39, 0.29) is 24.0 Å². The van der Waals surface area contributed by atoms with Crippen molar-refractivity contribution in [1.29, 1.82) is 0 Å². The fraction of sp³-hybridized carbons (Fsp3) is 0.583. The van der Waals surface area contributed by atoms with Crippen LogP contribution in [-0.2, 0) is 27.2 Å². The Bertz CT molecular complexity index is 1480. The number of aliphatic hydroxyl groups is 1. The lowest BCUT2D eigenvalue weighted by Crippen LogP contribution is -2.50. The molecule has 0 spiro atoms. The number of amides is 2. The molecule has 0 bridgehead atoms. The van der Waals surface area contributed by atoms with Gasteiger partial charge in [-0.3, -0.25) is 14.6 Å². The van der Waals surface area contributed by atoms with Crippen molar-refractivity contribution < 1.29 is 24.2 Å². The van der Waals surface area contributed by atoms with Gasteiger partial charge in [-0.25, -0.2) is 9.78 Å². The molecule has 5 unspecified atom stereocenters. The van der Waals surface area contributed by atoms with Gasteiger partial charge in [-0.15, -0.1) is 0 Å². The Balaban J connectivity index is 1.11. The third kappa shape index (κ3) is 9.29. The number of anilines is 1. The number of rotatable bonds is 14. The van der Waals surface area contributed by atoms with Crippen molar-refractivity contribution in [2.45, 2.75) is 83.3 Å². The van der Waals surface area contributed by atoms with Crippen molar-refractivity contribution in [3.63, 3.8) is 0 Å². The number of ether oxygens (including phenoxy) is 2. The summed E-state index contributed by atoms with van der Waals surface area (Å²) in [7, 11) is 0. The van der Waals surface area contributed by atoms with E-state index in [1.807, 2.05) is 36.4 Å². The Morgan fingerprint density at radius 1 is 1.09 bits per heavy atom. The van der Waals surface area contributed by atoms with Crippen LogP contribution in [0.1, 0.15) is 57.1 Å². The van der Waals surface area contributed by atoms with Crippen molar-refractivity contribution in [2.75, 3.05) is 44.6 Å². The molecule has 5 atom stereocenters. The number of hydrogen-bond donors (Lipinski definition) is 3. The van der Waals surface area contributed by atoms with Gasteiger partial charge in [0.25, 0.3) is 0 Å². The number of carbonyl (C=O) groups excluding carboxylic acids is 2. The zero-order valence-corrected chi connectivity index (χ0v) is 28.4. The molecule has 0 radical (unpaired) electrons. The largest absolute Gasteiger partial charge is 0.443 e. The number of aliphatic hydroxyl groups excluding tert-OH is 1. The molecule has 3 aliphatic rings. The van der Waals surface area contributed by atoms with E-state index in [9.17, 15) is 14.7 Å². The summed E-state index contributed by atoms with van der Waals surface area (Å²) in [5.74, 6) is 0.613. The van der Waals surface area contributed by atoms with Crippen LogP contribution in [0.15, 0.2) is 48.5 Å². The average Bonchev–Trinajstić information content (AvgIpc) is 3.84. The Morgan fingerprint density at radius 3 is 2.68 bits per heavy atom. The van der Waals surface area contributed by atoms with Gasteiger partial charge in [-0.05, 0) is 74.4 Å². The number of carbonyl (C=O) groups is 2. The third-order valence-electron chi connectivity index (χ3n) is 9.52. The maximum atomic E-state index is 13.2. The van der Waals surface area contributed by atoms with Gasteiger partial charge in [-0.2, -0.15) is 0 Å². The Labute approximate surface area is 281 Å². The lowest BCUT2D eigenvalue weighted by atomic mass is 10.00. The second-order valence-corrected chi connectivity index (χ2v) is 14.9. The van der Waals surface area contributed by atoms with Crippen molar-refractivity contribution in [1.82, 2.24) is 20.1 Å². The monoisotopic (exact) mass is 663 g/mol. The van der Waals surface area contributed by atoms with E-state index in [1.165, 1.54) is 11.3 Å². The number of fused-ring (bicyclic) bond motifs is 2. The average molecular weight is 664 g/mol. The molecule has 1 saturated carbocycles. The molecule has 2 amide bonds. The minimum Gasteiger partial charge on any atom is -0.443 e. The minimum absolute atomic E-state index is 0.0230. The number of hydrogen-bond acceptors (Lipinski definition) is 9. The summed E-state index contributed by atoms with van der Waals surface area (Å²) >= 11 is 1.48. The van der Waals surface area contributed by atoms with Crippen LogP contribution in [0, 0.1) is 11.8 Å². The van der Waals surface area contributed by atoms with E-state index in [2.05, 4.69) is 51.4 Å². The molecule has 3 aromatic rings. The number of alkyl carbamates (subject to hydrolysis) is 1. The fourth-order valence-electron chi connectivity index (χ4n) is 7.32. The molecule has 10 nitrogen and oxygen atoms in total. The molecule has 254 valence electrons.